The molecule has 1 saturated heterocycles. The van der Waals surface area contributed by atoms with Crippen LogP contribution in [0.5, 0.6) is 0 Å². The summed E-state index contributed by atoms with van der Waals surface area (Å²) in [6.07, 6.45) is 3.52. The van der Waals surface area contributed by atoms with E-state index in [0.29, 0.717) is 6.42 Å². The van der Waals surface area contributed by atoms with Crippen LogP contribution >= 0.6 is 0 Å². The minimum Gasteiger partial charge on any atom is -0.348 e. The minimum absolute atomic E-state index is 0.0767. The Kier molecular flexibility index (Phi) is 5.81. The number of carbonyl (C=O) groups excluding carboxylic acids is 3. The number of carbonyl (C=O) groups is 3. The molecule has 3 atom stereocenters. The van der Waals surface area contributed by atoms with Crippen LogP contribution in [0.4, 0.5) is 4.79 Å². The van der Waals surface area contributed by atoms with Crippen molar-refractivity contribution in [3.05, 3.63) is 60.2 Å². The molecule has 1 aliphatic carbocycles. The molecular formula is C25H29N3O3. The van der Waals surface area contributed by atoms with E-state index >= 15 is 0 Å². The van der Waals surface area contributed by atoms with E-state index < -0.39 is 11.6 Å². The molecule has 31 heavy (non-hydrogen) atoms. The quantitative estimate of drug-likeness (QED) is 0.718. The molecule has 1 spiro atoms. The van der Waals surface area contributed by atoms with E-state index in [1.54, 1.807) is 0 Å². The number of hydrogen-bond donors (Lipinski definition) is 2. The molecule has 0 unspecified atom stereocenters. The van der Waals surface area contributed by atoms with Crippen molar-refractivity contribution in [2.75, 3.05) is 6.54 Å². The van der Waals surface area contributed by atoms with Crippen molar-refractivity contribution in [1.29, 1.82) is 0 Å². The highest BCUT2D eigenvalue weighted by Gasteiger charge is 2.55. The number of amides is 4. The lowest BCUT2D eigenvalue weighted by molar-refractivity contribution is -0.137. The van der Waals surface area contributed by atoms with E-state index in [2.05, 4.69) is 22.8 Å². The topological polar surface area (TPSA) is 78.5 Å². The predicted octanol–water partition coefficient (Wildman–Crippen LogP) is 4.03. The maximum Gasteiger partial charge on any atom is 0.325 e. The fourth-order valence-corrected chi connectivity index (χ4v) is 4.75. The van der Waals surface area contributed by atoms with E-state index in [-0.39, 0.29) is 30.3 Å². The number of hydrogen-bond acceptors (Lipinski definition) is 3. The van der Waals surface area contributed by atoms with Crippen LogP contribution in [-0.2, 0) is 9.59 Å². The van der Waals surface area contributed by atoms with Crippen LogP contribution in [0.1, 0.15) is 51.1 Å². The normalized spacial score (nSPS) is 24.2. The molecule has 4 amide bonds. The SMILES string of the molecule is C[C@H](NC(=O)CN1C(=O)N[C@@]2(CCCC[C@@H]2C)C1=O)c1ccc(-c2ccccc2)cc1. The van der Waals surface area contributed by atoms with Gasteiger partial charge in [0, 0.05) is 0 Å². The second kappa shape index (κ2) is 8.53. The smallest absolute Gasteiger partial charge is 0.325 e. The van der Waals surface area contributed by atoms with E-state index in [0.717, 1.165) is 40.9 Å². The lowest BCUT2D eigenvalue weighted by Gasteiger charge is -2.36. The highest BCUT2D eigenvalue weighted by Crippen LogP contribution is 2.38. The fraction of sp³-hybridized carbons (Fsp3) is 0.400. The van der Waals surface area contributed by atoms with Crippen molar-refractivity contribution in [2.45, 2.75) is 51.1 Å². The summed E-state index contributed by atoms with van der Waals surface area (Å²) in [4.78, 5) is 39.2. The maximum absolute atomic E-state index is 13.0. The van der Waals surface area contributed by atoms with Gasteiger partial charge in [0.15, 0.2) is 0 Å². The van der Waals surface area contributed by atoms with Gasteiger partial charge >= 0.3 is 6.03 Å². The molecular weight excluding hydrogens is 390 g/mol. The van der Waals surface area contributed by atoms with E-state index in [4.69, 9.17) is 0 Å². The Hall–Kier alpha value is -3.15. The molecule has 0 bridgehead atoms. The molecule has 6 heteroatoms. The van der Waals surface area contributed by atoms with Gasteiger partial charge in [0.25, 0.3) is 5.91 Å². The summed E-state index contributed by atoms with van der Waals surface area (Å²) in [7, 11) is 0. The number of nitrogens with zero attached hydrogens (tertiary/aromatic N) is 1. The average molecular weight is 420 g/mol. The summed E-state index contributed by atoms with van der Waals surface area (Å²) in [5, 5.41) is 5.80. The number of urea groups is 1. The Balaban J connectivity index is 1.38. The van der Waals surface area contributed by atoms with Gasteiger partial charge in [-0.3, -0.25) is 14.5 Å². The third-order valence-electron chi connectivity index (χ3n) is 6.70. The molecule has 0 aromatic heterocycles. The lowest BCUT2D eigenvalue weighted by Crippen LogP contribution is -2.54. The van der Waals surface area contributed by atoms with Crippen LogP contribution < -0.4 is 10.6 Å². The molecule has 2 aromatic rings. The number of benzene rings is 2. The molecule has 4 rings (SSSR count). The van der Waals surface area contributed by atoms with E-state index in [9.17, 15) is 14.4 Å². The van der Waals surface area contributed by atoms with E-state index in [1.807, 2.05) is 56.3 Å². The van der Waals surface area contributed by atoms with Gasteiger partial charge in [-0.1, -0.05) is 74.4 Å². The minimum atomic E-state index is -0.839. The second-order valence-corrected chi connectivity index (χ2v) is 8.72. The van der Waals surface area contributed by atoms with Gasteiger partial charge < -0.3 is 10.6 Å². The zero-order chi connectivity index (χ0) is 22.0. The highest BCUT2D eigenvalue weighted by atomic mass is 16.2. The van der Waals surface area contributed by atoms with Crippen LogP contribution in [0.15, 0.2) is 54.6 Å². The van der Waals surface area contributed by atoms with Gasteiger partial charge in [0.1, 0.15) is 12.1 Å². The second-order valence-electron chi connectivity index (χ2n) is 8.72. The van der Waals surface area contributed by atoms with Crippen molar-refractivity contribution in [3.8, 4) is 11.1 Å². The first-order chi connectivity index (χ1) is 14.9. The fourth-order valence-electron chi connectivity index (χ4n) is 4.75. The summed E-state index contributed by atoms with van der Waals surface area (Å²) < 4.78 is 0. The monoisotopic (exact) mass is 419 g/mol. The largest absolute Gasteiger partial charge is 0.348 e. The molecule has 1 heterocycles. The molecule has 0 radical (unpaired) electrons. The van der Waals surface area contributed by atoms with Crippen molar-refractivity contribution in [2.24, 2.45) is 5.92 Å². The molecule has 2 aliphatic rings. The van der Waals surface area contributed by atoms with E-state index in [1.165, 1.54) is 0 Å². The third kappa shape index (κ3) is 4.07. The summed E-state index contributed by atoms with van der Waals surface area (Å²) in [6, 6.07) is 17.4. The molecule has 1 saturated carbocycles. The number of imide groups is 1. The Labute approximate surface area is 183 Å². The molecule has 162 valence electrons. The molecule has 1 aliphatic heterocycles. The van der Waals surface area contributed by atoms with Gasteiger partial charge in [-0.05, 0) is 42.4 Å². The molecule has 2 N–H and O–H groups in total. The Morgan fingerprint density at radius 3 is 2.45 bits per heavy atom. The number of nitrogens with one attached hydrogen (secondary N) is 2. The van der Waals surface area contributed by atoms with Gasteiger partial charge in [-0.15, -0.1) is 0 Å². The van der Waals surface area contributed by atoms with Gasteiger partial charge in [-0.25, -0.2) is 4.79 Å². The summed E-state index contributed by atoms with van der Waals surface area (Å²) >= 11 is 0. The summed E-state index contributed by atoms with van der Waals surface area (Å²) in [5.41, 5.74) is 2.36. The predicted molar refractivity (Wildman–Crippen MR) is 119 cm³/mol. The first-order valence-corrected chi connectivity index (χ1v) is 11.0. The third-order valence-corrected chi connectivity index (χ3v) is 6.70. The zero-order valence-electron chi connectivity index (χ0n) is 18.1. The highest BCUT2D eigenvalue weighted by molar-refractivity contribution is 6.09. The molecule has 6 nitrogen and oxygen atoms in total. The van der Waals surface area contributed by atoms with Crippen LogP contribution in [-0.4, -0.2) is 34.8 Å². The molecule has 2 aromatic carbocycles. The van der Waals surface area contributed by atoms with Crippen LogP contribution in [0.25, 0.3) is 11.1 Å². The van der Waals surface area contributed by atoms with Gasteiger partial charge in [0.2, 0.25) is 5.91 Å². The van der Waals surface area contributed by atoms with Gasteiger partial charge in [0.05, 0.1) is 6.04 Å². The first kappa shape index (κ1) is 21.1. The summed E-state index contributed by atoms with van der Waals surface area (Å²) in [6.45, 7) is 3.64. The Bertz CT molecular complexity index is 973. The zero-order valence-corrected chi connectivity index (χ0v) is 18.1. The van der Waals surface area contributed by atoms with Crippen LogP contribution in [0, 0.1) is 5.92 Å². The van der Waals surface area contributed by atoms with Crippen molar-refractivity contribution < 1.29 is 14.4 Å². The lowest BCUT2D eigenvalue weighted by atomic mass is 9.73. The molecule has 2 fully saturated rings. The first-order valence-electron chi connectivity index (χ1n) is 11.0. The van der Waals surface area contributed by atoms with Gasteiger partial charge in [-0.2, -0.15) is 0 Å². The average Bonchev–Trinajstić information content (AvgIpc) is 3.01. The van der Waals surface area contributed by atoms with Crippen LogP contribution in [0.3, 0.4) is 0 Å². The van der Waals surface area contributed by atoms with Crippen molar-refractivity contribution in [3.63, 3.8) is 0 Å². The number of rotatable bonds is 5. The standard InChI is InChI=1S/C25H29N3O3/c1-17-8-6-7-15-25(17)23(30)28(24(31)27-25)16-22(29)26-18(2)19-11-13-21(14-12-19)20-9-4-3-5-10-20/h3-5,9-14,17-18H,6-8,15-16H2,1-2H3,(H,26,29)(H,27,31)/t17-,18-,25+/m0/s1. The van der Waals surface area contributed by atoms with Crippen LogP contribution in [0.2, 0.25) is 0 Å². The summed E-state index contributed by atoms with van der Waals surface area (Å²) in [5.74, 6) is -0.531. The van der Waals surface area contributed by atoms with Crippen molar-refractivity contribution in [1.82, 2.24) is 15.5 Å². The maximum atomic E-state index is 13.0. The van der Waals surface area contributed by atoms with Crippen molar-refractivity contribution >= 4 is 17.8 Å². The Morgan fingerprint density at radius 2 is 1.77 bits per heavy atom. The Morgan fingerprint density at radius 1 is 1.10 bits per heavy atom.